The molecule has 15 heavy (non-hydrogen) atoms. The number of hydrogen-bond acceptors (Lipinski definition) is 0. The van der Waals surface area contributed by atoms with Crippen LogP contribution in [-0.2, 0) is 0 Å². The first-order valence-electron chi connectivity index (χ1n) is 6.36. The van der Waals surface area contributed by atoms with Gasteiger partial charge in [-0.2, -0.15) is 0 Å². The van der Waals surface area contributed by atoms with Gasteiger partial charge in [-0.25, -0.2) is 0 Å². The molecule has 2 rings (SSSR count). The third kappa shape index (κ3) is 2.62. The van der Waals surface area contributed by atoms with E-state index >= 15 is 0 Å². The fourth-order valence-corrected chi connectivity index (χ4v) is 2.89. The molecule has 0 radical (unpaired) electrons. The minimum Gasteiger partial charge on any atom is -0.0651 e. The molecule has 2 unspecified atom stereocenters. The molecule has 1 aromatic carbocycles. The first kappa shape index (κ1) is 10.7. The van der Waals surface area contributed by atoms with E-state index in [4.69, 9.17) is 0 Å². The summed E-state index contributed by atoms with van der Waals surface area (Å²) in [6.07, 6.45) is 7.07. The predicted octanol–water partition coefficient (Wildman–Crippen LogP) is 4.68. The zero-order valence-electron chi connectivity index (χ0n) is 10.00. The number of rotatable bonds is 2. The van der Waals surface area contributed by atoms with Gasteiger partial charge in [-0.1, -0.05) is 56.0 Å². The average Bonchev–Trinajstić information content (AvgIpc) is 2.29. The molecule has 0 aromatic heterocycles. The second-order valence-electron chi connectivity index (χ2n) is 5.05. The van der Waals surface area contributed by atoms with Crippen LogP contribution in [0.3, 0.4) is 0 Å². The van der Waals surface area contributed by atoms with Crippen LogP contribution in [-0.4, -0.2) is 0 Å². The molecule has 0 saturated heterocycles. The van der Waals surface area contributed by atoms with Gasteiger partial charge >= 0.3 is 0 Å². The van der Waals surface area contributed by atoms with Gasteiger partial charge in [0.2, 0.25) is 0 Å². The van der Waals surface area contributed by atoms with E-state index in [0.29, 0.717) is 0 Å². The van der Waals surface area contributed by atoms with Gasteiger partial charge in [0.25, 0.3) is 0 Å². The summed E-state index contributed by atoms with van der Waals surface area (Å²) in [6.45, 7) is 4.53. The molecule has 0 nitrogen and oxygen atoms in total. The highest BCUT2D eigenvalue weighted by Crippen LogP contribution is 2.37. The van der Waals surface area contributed by atoms with Gasteiger partial charge in [0, 0.05) is 0 Å². The lowest BCUT2D eigenvalue weighted by Crippen LogP contribution is -2.13. The molecule has 1 fully saturated rings. The van der Waals surface area contributed by atoms with E-state index in [2.05, 4.69) is 38.1 Å². The van der Waals surface area contributed by atoms with Crippen LogP contribution in [0.5, 0.6) is 0 Å². The van der Waals surface area contributed by atoms with Crippen molar-refractivity contribution in [2.24, 2.45) is 5.92 Å². The van der Waals surface area contributed by atoms with Crippen molar-refractivity contribution in [2.45, 2.75) is 51.9 Å². The molecule has 0 heteroatoms. The van der Waals surface area contributed by atoms with Crippen LogP contribution in [0.25, 0.3) is 0 Å². The summed E-state index contributed by atoms with van der Waals surface area (Å²) in [7, 11) is 0. The quantitative estimate of drug-likeness (QED) is 0.653. The molecule has 1 aromatic rings. The van der Waals surface area contributed by atoms with Crippen molar-refractivity contribution in [3.05, 3.63) is 35.4 Å². The standard InChI is InChI=1S/C15H22/c1-3-13-7-5-9-15(11-13)14-8-4-6-12(2)10-14/h4,6,8,10,13,15H,3,5,7,9,11H2,1-2H3. The van der Waals surface area contributed by atoms with E-state index in [1.165, 1.54) is 37.7 Å². The lowest BCUT2D eigenvalue weighted by molar-refractivity contribution is 0.314. The molecule has 0 amide bonds. The number of benzene rings is 1. The number of hydrogen-bond donors (Lipinski definition) is 0. The van der Waals surface area contributed by atoms with Gasteiger partial charge in [0.1, 0.15) is 0 Å². The Kier molecular flexibility index (Phi) is 3.45. The molecule has 0 aliphatic heterocycles. The largest absolute Gasteiger partial charge is 0.0651 e. The zero-order chi connectivity index (χ0) is 10.7. The molecular formula is C15H22. The Bertz CT molecular complexity index is 314. The molecule has 0 N–H and O–H groups in total. The highest BCUT2D eigenvalue weighted by Gasteiger charge is 2.21. The van der Waals surface area contributed by atoms with Crippen molar-refractivity contribution in [1.29, 1.82) is 0 Å². The molecule has 1 saturated carbocycles. The van der Waals surface area contributed by atoms with Crippen molar-refractivity contribution in [3.8, 4) is 0 Å². The highest BCUT2D eigenvalue weighted by atomic mass is 14.3. The molecule has 82 valence electrons. The maximum Gasteiger partial charge on any atom is -0.0159 e. The summed E-state index contributed by atoms with van der Waals surface area (Å²) in [5.41, 5.74) is 2.99. The Hall–Kier alpha value is -0.780. The van der Waals surface area contributed by atoms with Gasteiger partial charge < -0.3 is 0 Å². The summed E-state index contributed by atoms with van der Waals surface area (Å²) in [5.74, 6) is 1.81. The molecule has 1 aliphatic carbocycles. The van der Waals surface area contributed by atoms with E-state index < -0.39 is 0 Å². The Morgan fingerprint density at radius 1 is 1.27 bits per heavy atom. The van der Waals surface area contributed by atoms with Crippen molar-refractivity contribution < 1.29 is 0 Å². The van der Waals surface area contributed by atoms with E-state index in [-0.39, 0.29) is 0 Å². The molecule has 2 atom stereocenters. The highest BCUT2D eigenvalue weighted by molar-refractivity contribution is 5.25. The third-order valence-electron chi connectivity index (χ3n) is 3.87. The van der Waals surface area contributed by atoms with Gasteiger partial charge in [0.05, 0.1) is 0 Å². The van der Waals surface area contributed by atoms with Crippen LogP contribution >= 0.6 is 0 Å². The maximum atomic E-state index is 2.38. The smallest absolute Gasteiger partial charge is 0.0159 e. The van der Waals surface area contributed by atoms with Crippen LogP contribution in [0.2, 0.25) is 0 Å². The van der Waals surface area contributed by atoms with Crippen molar-refractivity contribution in [2.75, 3.05) is 0 Å². The van der Waals surface area contributed by atoms with Crippen molar-refractivity contribution in [1.82, 2.24) is 0 Å². The van der Waals surface area contributed by atoms with Crippen molar-refractivity contribution >= 4 is 0 Å². The van der Waals surface area contributed by atoms with Crippen LogP contribution < -0.4 is 0 Å². The van der Waals surface area contributed by atoms with Gasteiger partial charge in [-0.3, -0.25) is 0 Å². The second kappa shape index (κ2) is 4.83. The summed E-state index contributed by atoms with van der Waals surface area (Å²) in [6, 6.07) is 9.10. The molecule has 1 aliphatic rings. The topological polar surface area (TPSA) is 0 Å². The summed E-state index contributed by atoms with van der Waals surface area (Å²) in [5, 5.41) is 0. The first-order chi connectivity index (χ1) is 7.29. The summed E-state index contributed by atoms with van der Waals surface area (Å²) >= 11 is 0. The Balaban J connectivity index is 2.09. The summed E-state index contributed by atoms with van der Waals surface area (Å²) < 4.78 is 0. The Labute approximate surface area is 93.7 Å². The number of aryl methyl sites for hydroxylation is 1. The van der Waals surface area contributed by atoms with E-state index in [1.807, 2.05) is 0 Å². The van der Waals surface area contributed by atoms with Crippen LogP contribution in [0.4, 0.5) is 0 Å². The third-order valence-corrected chi connectivity index (χ3v) is 3.87. The Morgan fingerprint density at radius 3 is 2.87 bits per heavy atom. The fraction of sp³-hybridized carbons (Fsp3) is 0.600. The summed E-state index contributed by atoms with van der Waals surface area (Å²) in [4.78, 5) is 0. The van der Waals surface area contributed by atoms with Gasteiger partial charge in [0.15, 0.2) is 0 Å². The van der Waals surface area contributed by atoms with Crippen LogP contribution in [0.1, 0.15) is 56.1 Å². The minimum absolute atomic E-state index is 0.837. The lowest BCUT2D eigenvalue weighted by atomic mass is 9.77. The van der Waals surface area contributed by atoms with Crippen LogP contribution in [0, 0.1) is 12.8 Å². The van der Waals surface area contributed by atoms with Gasteiger partial charge in [-0.05, 0) is 37.2 Å². The Morgan fingerprint density at radius 2 is 2.13 bits per heavy atom. The molecular weight excluding hydrogens is 180 g/mol. The minimum atomic E-state index is 0.837. The van der Waals surface area contributed by atoms with E-state index in [1.54, 1.807) is 5.56 Å². The average molecular weight is 202 g/mol. The molecule has 0 heterocycles. The first-order valence-corrected chi connectivity index (χ1v) is 6.36. The monoisotopic (exact) mass is 202 g/mol. The fourth-order valence-electron chi connectivity index (χ4n) is 2.89. The van der Waals surface area contributed by atoms with Crippen LogP contribution in [0.15, 0.2) is 24.3 Å². The lowest BCUT2D eigenvalue weighted by Gasteiger charge is -2.28. The maximum absolute atomic E-state index is 2.38. The molecule has 0 spiro atoms. The normalized spacial score (nSPS) is 26.5. The van der Waals surface area contributed by atoms with E-state index in [9.17, 15) is 0 Å². The second-order valence-corrected chi connectivity index (χ2v) is 5.05. The molecule has 0 bridgehead atoms. The van der Waals surface area contributed by atoms with Crippen molar-refractivity contribution in [3.63, 3.8) is 0 Å². The zero-order valence-corrected chi connectivity index (χ0v) is 10.00. The van der Waals surface area contributed by atoms with Gasteiger partial charge in [-0.15, -0.1) is 0 Å². The SMILES string of the molecule is CCC1CCCC(c2cccc(C)c2)C1. The van der Waals surface area contributed by atoms with E-state index in [0.717, 1.165) is 11.8 Å². The predicted molar refractivity (Wildman–Crippen MR) is 66.2 cm³/mol.